The number of imidazole rings is 1. The standard InChI is InChI=1S/C12H20N2S/c1-3-10-8-13-11(15)14(10)9-12(4-2)6-5-7-12/h8H,3-7,9H2,1-2H3,(H,13,15). The van der Waals surface area contributed by atoms with Crippen LogP contribution in [0.1, 0.15) is 45.2 Å². The summed E-state index contributed by atoms with van der Waals surface area (Å²) in [6, 6.07) is 0. The molecule has 1 N–H and O–H groups in total. The van der Waals surface area contributed by atoms with Gasteiger partial charge in [0.15, 0.2) is 4.77 Å². The van der Waals surface area contributed by atoms with Gasteiger partial charge in [-0.3, -0.25) is 0 Å². The minimum absolute atomic E-state index is 0.546. The van der Waals surface area contributed by atoms with E-state index in [1.165, 1.54) is 31.4 Å². The fourth-order valence-corrected chi connectivity index (χ4v) is 2.77. The maximum absolute atomic E-state index is 5.33. The second kappa shape index (κ2) is 4.12. The predicted molar refractivity (Wildman–Crippen MR) is 65.6 cm³/mol. The number of aromatic nitrogens is 2. The van der Waals surface area contributed by atoms with Crippen molar-refractivity contribution < 1.29 is 0 Å². The lowest BCUT2D eigenvalue weighted by Gasteiger charge is -2.41. The Morgan fingerprint density at radius 2 is 2.20 bits per heavy atom. The number of rotatable bonds is 4. The zero-order valence-corrected chi connectivity index (χ0v) is 10.5. The van der Waals surface area contributed by atoms with Crippen LogP contribution < -0.4 is 0 Å². The zero-order valence-electron chi connectivity index (χ0n) is 9.68. The number of nitrogens with zero attached hydrogens (tertiary/aromatic N) is 1. The summed E-state index contributed by atoms with van der Waals surface area (Å²) in [5, 5.41) is 0. The Morgan fingerprint density at radius 1 is 1.47 bits per heavy atom. The van der Waals surface area contributed by atoms with Crippen molar-refractivity contribution in [3.63, 3.8) is 0 Å². The van der Waals surface area contributed by atoms with Gasteiger partial charge in [-0.25, -0.2) is 0 Å². The summed E-state index contributed by atoms with van der Waals surface area (Å²) in [6.45, 7) is 5.61. The summed E-state index contributed by atoms with van der Waals surface area (Å²) in [4.78, 5) is 3.16. The number of aryl methyl sites for hydroxylation is 1. The van der Waals surface area contributed by atoms with Crippen LogP contribution in [0.25, 0.3) is 0 Å². The van der Waals surface area contributed by atoms with Gasteiger partial charge in [-0.2, -0.15) is 0 Å². The first-order chi connectivity index (χ1) is 7.21. The highest BCUT2D eigenvalue weighted by atomic mass is 32.1. The van der Waals surface area contributed by atoms with Gasteiger partial charge in [0.2, 0.25) is 0 Å². The average Bonchev–Trinajstić information content (AvgIpc) is 2.53. The van der Waals surface area contributed by atoms with Gasteiger partial charge in [0, 0.05) is 18.4 Å². The van der Waals surface area contributed by atoms with Crippen molar-refractivity contribution in [2.24, 2.45) is 5.41 Å². The third-order valence-electron chi connectivity index (χ3n) is 3.97. The van der Waals surface area contributed by atoms with Crippen LogP contribution in [0.4, 0.5) is 0 Å². The monoisotopic (exact) mass is 224 g/mol. The Balaban J connectivity index is 2.22. The van der Waals surface area contributed by atoms with Gasteiger partial charge in [-0.1, -0.05) is 20.3 Å². The molecule has 15 heavy (non-hydrogen) atoms. The first-order valence-corrected chi connectivity index (χ1v) is 6.39. The van der Waals surface area contributed by atoms with Gasteiger partial charge < -0.3 is 9.55 Å². The Kier molecular flexibility index (Phi) is 3.01. The molecule has 1 aliphatic rings. The summed E-state index contributed by atoms with van der Waals surface area (Å²) in [6.07, 6.45) is 8.55. The second-order valence-electron chi connectivity index (χ2n) is 4.73. The molecule has 0 spiro atoms. The van der Waals surface area contributed by atoms with E-state index in [1.807, 2.05) is 0 Å². The molecule has 2 nitrogen and oxygen atoms in total. The minimum atomic E-state index is 0.546. The van der Waals surface area contributed by atoms with Crippen molar-refractivity contribution in [1.29, 1.82) is 0 Å². The maximum atomic E-state index is 5.33. The molecule has 0 radical (unpaired) electrons. The lowest BCUT2D eigenvalue weighted by Crippen LogP contribution is -2.33. The van der Waals surface area contributed by atoms with E-state index in [0.717, 1.165) is 17.7 Å². The highest BCUT2D eigenvalue weighted by molar-refractivity contribution is 7.71. The predicted octanol–water partition coefficient (Wildman–Crippen LogP) is 3.69. The third kappa shape index (κ3) is 1.89. The van der Waals surface area contributed by atoms with E-state index < -0.39 is 0 Å². The van der Waals surface area contributed by atoms with Crippen LogP contribution in [0.5, 0.6) is 0 Å². The molecule has 1 aromatic rings. The molecule has 0 saturated heterocycles. The largest absolute Gasteiger partial charge is 0.337 e. The van der Waals surface area contributed by atoms with Gasteiger partial charge in [0.1, 0.15) is 0 Å². The fourth-order valence-electron chi connectivity index (χ4n) is 2.53. The Hall–Kier alpha value is -0.570. The quantitative estimate of drug-likeness (QED) is 0.774. The minimum Gasteiger partial charge on any atom is -0.337 e. The summed E-state index contributed by atoms with van der Waals surface area (Å²) in [5.41, 5.74) is 1.89. The van der Waals surface area contributed by atoms with Gasteiger partial charge in [-0.05, 0) is 43.3 Å². The van der Waals surface area contributed by atoms with Gasteiger partial charge in [0.05, 0.1) is 0 Å². The molecule has 1 aliphatic carbocycles. The van der Waals surface area contributed by atoms with Crippen molar-refractivity contribution >= 4 is 12.2 Å². The third-order valence-corrected chi connectivity index (χ3v) is 4.31. The number of H-pyrrole nitrogens is 1. The van der Waals surface area contributed by atoms with E-state index in [4.69, 9.17) is 12.2 Å². The van der Waals surface area contributed by atoms with Crippen LogP contribution >= 0.6 is 12.2 Å². The van der Waals surface area contributed by atoms with Gasteiger partial charge >= 0.3 is 0 Å². The lowest BCUT2D eigenvalue weighted by molar-refractivity contribution is 0.0987. The number of hydrogen-bond donors (Lipinski definition) is 1. The van der Waals surface area contributed by atoms with E-state index in [1.54, 1.807) is 0 Å². The molecule has 0 amide bonds. The molecular formula is C12H20N2S. The van der Waals surface area contributed by atoms with Crippen LogP contribution in [0.3, 0.4) is 0 Å². The van der Waals surface area contributed by atoms with Crippen molar-refractivity contribution in [1.82, 2.24) is 9.55 Å². The normalized spacial score (nSPS) is 18.8. The lowest BCUT2D eigenvalue weighted by atomic mass is 9.67. The van der Waals surface area contributed by atoms with E-state index in [0.29, 0.717) is 5.41 Å². The topological polar surface area (TPSA) is 20.7 Å². The molecular weight excluding hydrogens is 204 g/mol. The molecule has 0 aromatic carbocycles. The molecule has 0 aliphatic heterocycles. The SMILES string of the molecule is CCc1c[nH]c(=S)n1CC1(CC)CCC1. The highest BCUT2D eigenvalue weighted by Crippen LogP contribution is 2.45. The van der Waals surface area contributed by atoms with Crippen LogP contribution in [0.2, 0.25) is 0 Å². The van der Waals surface area contributed by atoms with Crippen LogP contribution in [0, 0.1) is 10.2 Å². The summed E-state index contributed by atoms with van der Waals surface area (Å²) in [7, 11) is 0. The first-order valence-electron chi connectivity index (χ1n) is 5.98. The molecule has 1 aromatic heterocycles. The molecule has 1 fully saturated rings. The van der Waals surface area contributed by atoms with Gasteiger partial charge in [-0.15, -0.1) is 0 Å². The van der Waals surface area contributed by atoms with E-state index >= 15 is 0 Å². The zero-order chi connectivity index (χ0) is 10.9. The van der Waals surface area contributed by atoms with E-state index in [-0.39, 0.29) is 0 Å². The molecule has 2 rings (SSSR count). The Labute approximate surface area is 96.7 Å². The van der Waals surface area contributed by atoms with Crippen molar-refractivity contribution in [2.45, 2.75) is 52.5 Å². The summed E-state index contributed by atoms with van der Waals surface area (Å²) >= 11 is 5.33. The smallest absolute Gasteiger partial charge is 0.177 e. The number of hydrogen-bond acceptors (Lipinski definition) is 1. The number of aromatic amines is 1. The summed E-state index contributed by atoms with van der Waals surface area (Å²) < 4.78 is 3.20. The van der Waals surface area contributed by atoms with Crippen molar-refractivity contribution in [2.75, 3.05) is 0 Å². The molecule has 0 bridgehead atoms. The molecule has 0 unspecified atom stereocenters. The number of nitrogens with one attached hydrogen (secondary N) is 1. The molecule has 1 heterocycles. The molecule has 1 saturated carbocycles. The average molecular weight is 224 g/mol. The van der Waals surface area contributed by atoms with Gasteiger partial charge in [0.25, 0.3) is 0 Å². The van der Waals surface area contributed by atoms with E-state index in [9.17, 15) is 0 Å². The first kappa shape index (κ1) is 10.9. The molecule has 3 heteroatoms. The molecule has 0 atom stereocenters. The van der Waals surface area contributed by atoms with Crippen LogP contribution in [-0.4, -0.2) is 9.55 Å². The van der Waals surface area contributed by atoms with Crippen molar-refractivity contribution in [3.8, 4) is 0 Å². The van der Waals surface area contributed by atoms with Crippen LogP contribution in [0.15, 0.2) is 6.20 Å². The highest BCUT2D eigenvalue weighted by Gasteiger charge is 2.35. The Bertz CT molecular complexity index is 379. The van der Waals surface area contributed by atoms with E-state index in [2.05, 4.69) is 29.6 Å². The van der Waals surface area contributed by atoms with Crippen molar-refractivity contribution in [3.05, 3.63) is 16.7 Å². The fraction of sp³-hybridized carbons (Fsp3) is 0.750. The Morgan fingerprint density at radius 3 is 2.67 bits per heavy atom. The molecule has 84 valence electrons. The second-order valence-corrected chi connectivity index (χ2v) is 5.12. The summed E-state index contributed by atoms with van der Waals surface area (Å²) in [5.74, 6) is 0. The maximum Gasteiger partial charge on any atom is 0.177 e. The van der Waals surface area contributed by atoms with Crippen LogP contribution in [-0.2, 0) is 13.0 Å².